The molecule has 5 nitrogen and oxygen atoms in total. The van der Waals surface area contributed by atoms with Gasteiger partial charge in [-0.05, 0) is 32.3 Å². The van der Waals surface area contributed by atoms with Crippen molar-refractivity contribution >= 4 is 22.2 Å². The van der Waals surface area contributed by atoms with Gasteiger partial charge in [-0.1, -0.05) is 0 Å². The first-order chi connectivity index (χ1) is 11.1. The largest absolute Gasteiger partial charge is 0.374 e. The van der Waals surface area contributed by atoms with Crippen molar-refractivity contribution in [3.63, 3.8) is 0 Å². The molecule has 1 N–H and O–H groups in total. The molecule has 0 radical (unpaired) electrons. The van der Waals surface area contributed by atoms with Crippen LogP contribution in [0, 0.1) is 37.0 Å². The molecule has 0 aromatic carbocycles. The highest BCUT2D eigenvalue weighted by molar-refractivity contribution is 7.16. The number of aryl methyl sites for hydroxylation is 1. The van der Waals surface area contributed by atoms with Gasteiger partial charge in [-0.15, -0.1) is 11.3 Å². The first-order valence-electron chi connectivity index (χ1n) is 8.24. The third-order valence-electron chi connectivity index (χ3n) is 5.65. The average Bonchev–Trinajstić information content (AvgIpc) is 3.22. The van der Waals surface area contributed by atoms with E-state index in [1.807, 2.05) is 13.8 Å². The molecule has 4 heterocycles. The maximum absolute atomic E-state index is 12.4. The number of likely N-dealkylation sites (tertiary alicyclic amines) is 1. The monoisotopic (exact) mass is 331 g/mol. The van der Waals surface area contributed by atoms with Crippen LogP contribution in [0.1, 0.15) is 28.8 Å². The fraction of sp³-hybridized carbons (Fsp3) is 0.647. The number of nitrogens with zero attached hydrogens (tertiary/aromatic N) is 2. The topological polar surface area (TPSA) is 65.4 Å². The Labute approximate surface area is 140 Å². The molecule has 0 unspecified atom stereocenters. The summed E-state index contributed by atoms with van der Waals surface area (Å²) in [5.74, 6) is 1.21. The molecule has 122 valence electrons. The number of carbonyl (C=O) groups excluding carboxylic acids is 1. The summed E-state index contributed by atoms with van der Waals surface area (Å²) >= 11 is 1.49. The van der Waals surface area contributed by atoms with Gasteiger partial charge in [0.2, 0.25) is 5.91 Å². The van der Waals surface area contributed by atoms with Crippen LogP contribution in [-0.4, -0.2) is 42.6 Å². The number of thiophene rings is 1. The lowest BCUT2D eigenvalue weighted by molar-refractivity contribution is -0.117. The summed E-state index contributed by atoms with van der Waals surface area (Å²) in [6, 6.07) is 2.20. The molecule has 0 saturated carbocycles. The lowest BCUT2D eigenvalue weighted by Crippen LogP contribution is -2.33. The summed E-state index contributed by atoms with van der Waals surface area (Å²) in [5.41, 5.74) is 1.57. The Hall–Kier alpha value is -1.42. The Morgan fingerprint density at radius 2 is 2.00 bits per heavy atom. The van der Waals surface area contributed by atoms with Crippen molar-refractivity contribution in [3.8, 4) is 6.07 Å². The number of rotatable bonds is 3. The summed E-state index contributed by atoms with van der Waals surface area (Å²) in [4.78, 5) is 15.7. The average molecular weight is 331 g/mol. The summed E-state index contributed by atoms with van der Waals surface area (Å²) < 4.78 is 5.97. The lowest BCUT2D eigenvalue weighted by Gasteiger charge is -2.18. The van der Waals surface area contributed by atoms with E-state index in [-0.39, 0.29) is 5.91 Å². The van der Waals surface area contributed by atoms with Gasteiger partial charge in [0, 0.05) is 29.8 Å². The predicted octanol–water partition coefficient (Wildman–Crippen LogP) is 2.28. The second-order valence-electron chi connectivity index (χ2n) is 6.96. The Morgan fingerprint density at radius 3 is 2.61 bits per heavy atom. The van der Waals surface area contributed by atoms with E-state index in [4.69, 9.17) is 4.74 Å². The van der Waals surface area contributed by atoms with Crippen LogP contribution in [0.5, 0.6) is 0 Å². The fourth-order valence-electron chi connectivity index (χ4n) is 4.40. The van der Waals surface area contributed by atoms with E-state index in [1.165, 1.54) is 24.2 Å². The fourth-order valence-corrected chi connectivity index (χ4v) is 5.42. The SMILES string of the molecule is Cc1sc(NC(=O)CN2C[C@@H]3[C@@H](C2)[C@H]2CC[C@H]3O2)c(C#N)c1C. The number of carbonyl (C=O) groups is 1. The van der Waals surface area contributed by atoms with Crippen LogP contribution in [-0.2, 0) is 9.53 Å². The van der Waals surface area contributed by atoms with E-state index in [9.17, 15) is 10.1 Å². The number of hydrogen-bond donors (Lipinski definition) is 1. The Morgan fingerprint density at radius 1 is 1.35 bits per heavy atom. The van der Waals surface area contributed by atoms with Crippen molar-refractivity contribution in [2.24, 2.45) is 11.8 Å². The number of nitrogens with one attached hydrogen (secondary N) is 1. The normalized spacial score (nSPS) is 32.0. The maximum Gasteiger partial charge on any atom is 0.239 e. The number of nitriles is 1. The first kappa shape index (κ1) is 15.1. The van der Waals surface area contributed by atoms with E-state index in [1.54, 1.807) is 0 Å². The van der Waals surface area contributed by atoms with E-state index in [0.717, 1.165) is 23.5 Å². The van der Waals surface area contributed by atoms with Gasteiger partial charge in [-0.3, -0.25) is 9.69 Å². The Kier molecular flexibility index (Phi) is 3.67. The highest BCUT2D eigenvalue weighted by Crippen LogP contribution is 2.47. The van der Waals surface area contributed by atoms with Crippen LogP contribution in [0.4, 0.5) is 5.00 Å². The van der Waals surface area contributed by atoms with E-state index >= 15 is 0 Å². The van der Waals surface area contributed by atoms with Crippen LogP contribution in [0.2, 0.25) is 0 Å². The molecule has 3 aliphatic heterocycles. The molecular formula is C17H21N3O2S. The molecule has 3 fully saturated rings. The van der Waals surface area contributed by atoms with Gasteiger partial charge >= 0.3 is 0 Å². The van der Waals surface area contributed by atoms with Crippen molar-refractivity contribution in [2.75, 3.05) is 25.0 Å². The van der Waals surface area contributed by atoms with Crippen LogP contribution in [0.25, 0.3) is 0 Å². The van der Waals surface area contributed by atoms with E-state index < -0.39 is 0 Å². The van der Waals surface area contributed by atoms with E-state index in [2.05, 4.69) is 16.3 Å². The molecule has 23 heavy (non-hydrogen) atoms. The molecule has 2 bridgehead atoms. The van der Waals surface area contributed by atoms with Crippen LogP contribution in [0.15, 0.2) is 0 Å². The number of ether oxygens (including phenoxy) is 1. The Balaban J connectivity index is 1.38. The third kappa shape index (κ3) is 2.47. The predicted molar refractivity (Wildman–Crippen MR) is 88.5 cm³/mol. The zero-order valence-electron chi connectivity index (χ0n) is 13.5. The van der Waals surface area contributed by atoms with Crippen molar-refractivity contribution < 1.29 is 9.53 Å². The second-order valence-corrected chi connectivity index (χ2v) is 8.18. The number of fused-ring (bicyclic) bond motifs is 5. The minimum Gasteiger partial charge on any atom is -0.374 e. The van der Waals surface area contributed by atoms with Crippen molar-refractivity contribution in [1.82, 2.24) is 4.90 Å². The minimum atomic E-state index is -0.0176. The minimum absolute atomic E-state index is 0.0176. The molecule has 0 spiro atoms. The van der Waals surface area contributed by atoms with Gasteiger partial charge in [0.25, 0.3) is 0 Å². The van der Waals surface area contributed by atoms with Crippen molar-refractivity contribution in [2.45, 2.75) is 38.9 Å². The van der Waals surface area contributed by atoms with Gasteiger partial charge in [0.1, 0.15) is 11.1 Å². The van der Waals surface area contributed by atoms with Gasteiger partial charge < -0.3 is 10.1 Å². The molecule has 0 aliphatic carbocycles. The number of anilines is 1. The summed E-state index contributed by atoms with van der Waals surface area (Å²) in [5, 5.41) is 12.9. The number of amides is 1. The molecule has 6 heteroatoms. The first-order valence-corrected chi connectivity index (χ1v) is 9.06. The second kappa shape index (κ2) is 5.59. The highest BCUT2D eigenvalue weighted by atomic mass is 32.1. The molecule has 3 aliphatic rings. The molecule has 1 aromatic rings. The van der Waals surface area contributed by atoms with Crippen LogP contribution in [0.3, 0.4) is 0 Å². The smallest absolute Gasteiger partial charge is 0.239 e. The molecule has 4 atom stereocenters. The van der Waals surface area contributed by atoms with Crippen LogP contribution < -0.4 is 5.32 Å². The van der Waals surface area contributed by atoms with Gasteiger partial charge in [0.15, 0.2) is 0 Å². The molecule has 4 rings (SSSR count). The summed E-state index contributed by atoms with van der Waals surface area (Å²) in [6.45, 7) is 6.25. The highest BCUT2D eigenvalue weighted by Gasteiger charge is 2.52. The van der Waals surface area contributed by atoms with E-state index in [0.29, 0.717) is 41.2 Å². The summed E-state index contributed by atoms with van der Waals surface area (Å²) in [6.07, 6.45) is 3.22. The van der Waals surface area contributed by atoms with Gasteiger partial charge in [-0.2, -0.15) is 5.26 Å². The van der Waals surface area contributed by atoms with Crippen LogP contribution >= 0.6 is 11.3 Å². The number of hydrogen-bond acceptors (Lipinski definition) is 5. The quantitative estimate of drug-likeness (QED) is 0.923. The zero-order chi connectivity index (χ0) is 16.1. The third-order valence-corrected chi connectivity index (χ3v) is 6.77. The molecule has 3 saturated heterocycles. The van der Waals surface area contributed by atoms with Crippen molar-refractivity contribution in [1.29, 1.82) is 5.26 Å². The molecule has 1 aromatic heterocycles. The standard InChI is InChI=1S/C17H21N3O2S/c1-9-10(2)23-17(11(9)5-18)19-16(21)8-20-6-12-13(7-20)15-4-3-14(12)22-15/h12-15H,3-4,6-8H2,1-2H3,(H,19,21)/t12-,13-,14-,15-/m1/s1. The Bertz CT molecular complexity index is 675. The summed E-state index contributed by atoms with van der Waals surface area (Å²) in [7, 11) is 0. The zero-order valence-corrected chi connectivity index (χ0v) is 14.3. The molecular weight excluding hydrogens is 310 g/mol. The molecule has 1 amide bonds. The maximum atomic E-state index is 12.4. The van der Waals surface area contributed by atoms with Gasteiger partial charge in [-0.25, -0.2) is 0 Å². The lowest BCUT2D eigenvalue weighted by atomic mass is 9.82. The van der Waals surface area contributed by atoms with Gasteiger partial charge in [0.05, 0.1) is 24.3 Å². The van der Waals surface area contributed by atoms with Crippen molar-refractivity contribution in [3.05, 3.63) is 16.0 Å².